The van der Waals surface area contributed by atoms with Gasteiger partial charge in [0.15, 0.2) is 0 Å². The number of benzene rings is 1. The van der Waals surface area contributed by atoms with E-state index in [0.29, 0.717) is 5.82 Å². The van der Waals surface area contributed by atoms with E-state index in [9.17, 15) is 0 Å². The summed E-state index contributed by atoms with van der Waals surface area (Å²) in [5.74, 6) is 0.702. The summed E-state index contributed by atoms with van der Waals surface area (Å²) in [5, 5.41) is 0. The number of rotatable bonds is 4. The molecular weight excluding hydrogens is 234 g/mol. The minimum absolute atomic E-state index is 0.141. The predicted octanol–water partition coefficient (Wildman–Crippen LogP) is 3.42. The Hall–Kier alpha value is -1.74. The molecule has 0 saturated heterocycles. The Labute approximate surface area is 114 Å². The second-order valence-corrected chi connectivity index (χ2v) is 4.99. The van der Waals surface area contributed by atoms with E-state index in [1.54, 1.807) is 0 Å². The standard InChI is InChI=1S/C16H21N3/c1-4-5-13-6-8-14(9-7-13)15-10-11(2)18-16(19-15)12(3)17/h6-10,12H,4-5,17H2,1-3H3. The van der Waals surface area contributed by atoms with E-state index in [2.05, 4.69) is 41.2 Å². The molecule has 1 unspecified atom stereocenters. The van der Waals surface area contributed by atoms with Crippen molar-refractivity contribution in [2.24, 2.45) is 5.73 Å². The molecule has 2 rings (SSSR count). The highest BCUT2D eigenvalue weighted by Crippen LogP contribution is 2.20. The SMILES string of the molecule is CCCc1ccc(-c2cc(C)nc(C(C)N)n2)cc1. The Morgan fingerprint density at radius 2 is 1.84 bits per heavy atom. The Balaban J connectivity index is 2.35. The molecule has 1 aromatic heterocycles. The average Bonchev–Trinajstić information content (AvgIpc) is 2.39. The van der Waals surface area contributed by atoms with Crippen molar-refractivity contribution in [2.75, 3.05) is 0 Å². The van der Waals surface area contributed by atoms with E-state index in [1.807, 2.05) is 19.9 Å². The molecule has 2 aromatic rings. The van der Waals surface area contributed by atoms with E-state index >= 15 is 0 Å². The zero-order valence-electron chi connectivity index (χ0n) is 11.9. The van der Waals surface area contributed by atoms with Crippen molar-refractivity contribution in [1.82, 2.24) is 9.97 Å². The van der Waals surface area contributed by atoms with Crippen LogP contribution in [0.4, 0.5) is 0 Å². The number of nitrogens with two attached hydrogens (primary N) is 1. The third-order valence-corrected chi connectivity index (χ3v) is 3.07. The third-order valence-electron chi connectivity index (χ3n) is 3.07. The van der Waals surface area contributed by atoms with Crippen LogP contribution in [-0.4, -0.2) is 9.97 Å². The van der Waals surface area contributed by atoms with Crippen molar-refractivity contribution >= 4 is 0 Å². The average molecular weight is 255 g/mol. The molecule has 2 N–H and O–H groups in total. The molecule has 0 aliphatic carbocycles. The van der Waals surface area contributed by atoms with Crippen LogP contribution >= 0.6 is 0 Å². The topological polar surface area (TPSA) is 51.8 Å². The molecule has 3 heteroatoms. The largest absolute Gasteiger partial charge is 0.322 e. The molecule has 0 aliphatic rings. The Bertz CT molecular complexity index is 544. The number of hydrogen-bond donors (Lipinski definition) is 1. The van der Waals surface area contributed by atoms with Gasteiger partial charge < -0.3 is 5.73 Å². The second kappa shape index (κ2) is 5.93. The highest BCUT2D eigenvalue weighted by atomic mass is 14.9. The Morgan fingerprint density at radius 1 is 1.16 bits per heavy atom. The lowest BCUT2D eigenvalue weighted by atomic mass is 10.1. The zero-order valence-corrected chi connectivity index (χ0v) is 11.9. The summed E-state index contributed by atoms with van der Waals surface area (Å²) in [5.41, 5.74) is 10.3. The maximum atomic E-state index is 5.87. The van der Waals surface area contributed by atoms with E-state index in [-0.39, 0.29) is 6.04 Å². The van der Waals surface area contributed by atoms with Gasteiger partial charge in [0.2, 0.25) is 0 Å². The van der Waals surface area contributed by atoms with Gasteiger partial charge in [-0.25, -0.2) is 9.97 Å². The molecule has 0 amide bonds. The third kappa shape index (κ3) is 3.38. The minimum Gasteiger partial charge on any atom is -0.322 e. The molecule has 0 spiro atoms. The predicted molar refractivity (Wildman–Crippen MR) is 78.8 cm³/mol. The molecule has 100 valence electrons. The van der Waals surface area contributed by atoms with Crippen molar-refractivity contribution in [1.29, 1.82) is 0 Å². The summed E-state index contributed by atoms with van der Waals surface area (Å²) in [6, 6.07) is 10.4. The van der Waals surface area contributed by atoms with Crippen molar-refractivity contribution in [3.05, 3.63) is 47.4 Å². The molecule has 0 fully saturated rings. The molecule has 0 radical (unpaired) electrons. The van der Waals surface area contributed by atoms with Crippen LogP contribution in [0.2, 0.25) is 0 Å². The molecular formula is C16H21N3. The van der Waals surface area contributed by atoms with Crippen molar-refractivity contribution in [3.8, 4) is 11.3 Å². The van der Waals surface area contributed by atoms with Crippen molar-refractivity contribution in [3.63, 3.8) is 0 Å². The van der Waals surface area contributed by atoms with Gasteiger partial charge >= 0.3 is 0 Å². The van der Waals surface area contributed by atoms with Crippen LogP contribution in [0.25, 0.3) is 11.3 Å². The lowest BCUT2D eigenvalue weighted by Gasteiger charge is -2.09. The maximum absolute atomic E-state index is 5.87. The van der Waals surface area contributed by atoms with Gasteiger partial charge in [-0.05, 0) is 31.9 Å². The van der Waals surface area contributed by atoms with Gasteiger partial charge in [-0.3, -0.25) is 0 Å². The molecule has 0 aliphatic heterocycles. The Morgan fingerprint density at radius 3 is 2.42 bits per heavy atom. The summed E-state index contributed by atoms with van der Waals surface area (Å²) in [4.78, 5) is 8.91. The zero-order chi connectivity index (χ0) is 13.8. The summed E-state index contributed by atoms with van der Waals surface area (Å²) >= 11 is 0. The van der Waals surface area contributed by atoms with Gasteiger partial charge in [0.1, 0.15) is 5.82 Å². The van der Waals surface area contributed by atoms with Crippen LogP contribution in [0.3, 0.4) is 0 Å². The monoisotopic (exact) mass is 255 g/mol. The highest BCUT2D eigenvalue weighted by Gasteiger charge is 2.08. The molecule has 1 heterocycles. The summed E-state index contributed by atoms with van der Waals surface area (Å²) in [6.45, 7) is 6.07. The van der Waals surface area contributed by atoms with Gasteiger partial charge in [0, 0.05) is 11.3 Å². The fourth-order valence-electron chi connectivity index (χ4n) is 2.07. The first-order valence-electron chi connectivity index (χ1n) is 6.80. The van der Waals surface area contributed by atoms with Gasteiger partial charge in [0.25, 0.3) is 0 Å². The maximum Gasteiger partial charge on any atom is 0.145 e. The van der Waals surface area contributed by atoms with Crippen LogP contribution in [0.5, 0.6) is 0 Å². The van der Waals surface area contributed by atoms with Gasteiger partial charge in [-0.2, -0.15) is 0 Å². The second-order valence-electron chi connectivity index (χ2n) is 4.99. The smallest absolute Gasteiger partial charge is 0.145 e. The first-order chi connectivity index (χ1) is 9.10. The van der Waals surface area contributed by atoms with Crippen LogP contribution in [0.1, 0.15) is 43.4 Å². The van der Waals surface area contributed by atoms with Crippen LogP contribution in [-0.2, 0) is 6.42 Å². The summed E-state index contributed by atoms with van der Waals surface area (Å²) in [7, 11) is 0. The van der Waals surface area contributed by atoms with Crippen molar-refractivity contribution < 1.29 is 0 Å². The van der Waals surface area contributed by atoms with Crippen LogP contribution < -0.4 is 5.73 Å². The van der Waals surface area contributed by atoms with Crippen LogP contribution in [0.15, 0.2) is 30.3 Å². The Kier molecular flexibility index (Phi) is 4.27. The molecule has 0 bridgehead atoms. The molecule has 3 nitrogen and oxygen atoms in total. The first kappa shape index (κ1) is 13.7. The van der Waals surface area contributed by atoms with Gasteiger partial charge in [0.05, 0.1) is 11.7 Å². The molecule has 1 atom stereocenters. The van der Waals surface area contributed by atoms with Crippen LogP contribution in [0, 0.1) is 6.92 Å². The van der Waals surface area contributed by atoms with Crippen molar-refractivity contribution in [2.45, 2.75) is 39.7 Å². The fourth-order valence-corrected chi connectivity index (χ4v) is 2.07. The van der Waals surface area contributed by atoms with E-state index in [4.69, 9.17) is 5.73 Å². The van der Waals surface area contributed by atoms with Gasteiger partial charge in [-0.15, -0.1) is 0 Å². The first-order valence-corrected chi connectivity index (χ1v) is 6.80. The summed E-state index contributed by atoms with van der Waals surface area (Å²) < 4.78 is 0. The number of aromatic nitrogens is 2. The van der Waals surface area contributed by atoms with Gasteiger partial charge in [-0.1, -0.05) is 37.6 Å². The fraction of sp³-hybridized carbons (Fsp3) is 0.375. The number of nitrogens with zero attached hydrogens (tertiary/aromatic N) is 2. The highest BCUT2D eigenvalue weighted by molar-refractivity contribution is 5.59. The number of hydrogen-bond acceptors (Lipinski definition) is 3. The summed E-state index contributed by atoms with van der Waals surface area (Å²) in [6.07, 6.45) is 2.29. The molecule has 1 aromatic carbocycles. The van der Waals surface area contributed by atoms with E-state index in [1.165, 1.54) is 12.0 Å². The minimum atomic E-state index is -0.141. The normalized spacial score (nSPS) is 12.4. The lowest BCUT2D eigenvalue weighted by Crippen LogP contribution is -2.11. The molecule has 0 saturated carbocycles. The number of aryl methyl sites for hydroxylation is 2. The molecule has 19 heavy (non-hydrogen) atoms. The van der Waals surface area contributed by atoms with E-state index < -0.39 is 0 Å². The lowest BCUT2D eigenvalue weighted by molar-refractivity contribution is 0.735. The van der Waals surface area contributed by atoms with E-state index in [0.717, 1.165) is 23.4 Å². The quantitative estimate of drug-likeness (QED) is 0.910.